The highest BCUT2D eigenvalue weighted by Gasteiger charge is 2.43. The largest absolute Gasteiger partial charge is 0.460 e. The number of aliphatic hydroxyl groups is 1. The minimum Gasteiger partial charge on any atom is -0.460 e. The average Bonchev–Trinajstić information content (AvgIpc) is 3.23. The molecule has 0 bridgehead atoms. The number of hydrogen-bond donors (Lipinski definition) is 1. The predicted octanol–water partition coefficient (Wildman–Crippen LogP) is 4.53. The Morgan fingerprint density at radius 1 is 1.06 bits per heavy atom. The van der Waals surface area contributed by atoms with Crippen molar-refractivity contribution in [3.05, 3.63) is 71.5 Å². The quantitative estimate of drug-likeness (QED) is 0.663. The Morgan fingerprint density at radius 3 is 2.55 bits per heavy atom. The van der Waals surface area contributed by atoms with Crippen molar-refractivity contribution in [3.63, 3.8) is 0 Å². The molecule has 1 saturated carbocycles. The summed E-state index contributed by atoms with van der Waals surface area (Å²) in [6.07, 6.45) is 5.54. The van der Waals surface area contributed by atoms with Crippen LogP contribution in [0.3, 0.4) is 0 Å². The SMILES string of the molecule is O=C(OCc1ccccc1)[C@@H](C1CCCCC1)N1C[C@H](CO)[C@@H](c2cccc(F)c2)C1. The van der Waals surface area contributed by atoms with Crippen molar-refractivity contribution in [1.29, 1.82) is 0 Å². The van der Waals surface area contributed by atoms with Gasteiger partial charge in [-0.3, -0.25) is 9.69 Å². The van der Waals surface area contributed by atoms with E-state index in [1.165, 1.54) is 12.5 Å². The summed E-state index contributed by atoms with van der Waals surface area (Å²) in [5, 5.41) is 10.0. The number of nitrogens with zero attached hydrogens (tertiary/aromatic N) is 1. The van der Waals surface area contributed by atoms with Crippen LogP contribution in [0.15, 0.2) is 54.6 Å². The van der Waals surface area contributed by atoms with Crippen molar-refractivity contribution in [3.8, 4) is 0 Å². The van der Waals surface area contributed by atoms with Gasteiger partial charge in [-0.15, -0.1) is 0 Å². The highest BCUT2D eigenvalue weighted by atomic mass is 19.1. The molecule has 166 valence electrons. The molecule has 3 atom stereocenters. The van der Waals surface area contributed by atoms with Gasteiger partial charge < -0.3 is 9.84 Å². The number of likely N-dealkylation sites (tertiary alicyclic amines) is 1. The fourth-order valence-electron chi connectivity index (χ4n) is 5.34. The number of esters is 1. The normalized spacial score (nSPS) is 23.5. The molecule has 1 heterocycles. The first kappa shape index (κ1) is 22.0. The molecule has 2 aliphatic rings. The van der Waals surface area contributed by atoms with Crippen molar-refractivity contribution in [1.82, 2.24) is 4.90 Å². The molecule has 4 nitrogen and oxygen atoms in total. The number of carbonyl (C=O) groups is 1. The van der Waals surface area contributed by atoms with E-state index in [4.69, 9.17) is 4.74 Å². The van der Waals surface area contributed by atoms with Gasteiger partial charge in [-0.25, -0.2) is 4.39 Å². The lowest BCUT2D eigenvalue weighted by molar-refractivity contribution is -0.154. The Morgan fingerprint density at radius 2 is 1.84 bits per heavy atom. The molecule has 0 unspecified atom stereocenters. The molecule has 5 heteroatoms. The monoisotopic (exact) mass is 425 g/mol. The Labute approximate surface area is 184 Å². The second-order valence-electron chi connectivity index (χ2n) is 8.99. The Hall–Kier alpha value is -2.24. The van der Waals surface area contributed by atoms with Crippen LogP contribution in [-0.2, 0) is 16.1 Å². The van der Waals surface area contributed by atoms with Gasteiger partial charge >= 0.3 is 5.97 Å². The number of halogens is 1. The Bertz CT molecular complexity index is 853. The minimum atomic E-state index is -0.309. The zero-order valence-electron chi connectivity index (χ0n) is 18.0. The minimum absolute atomic E-state index is 0.00807. The average molecular weight is 426 g/mol. The number of aliphatic hydroxyl groups excluding tert-OH is 1. The van der Waals surface area contributed by atoms with Crippen LogP contribution in [0.4, 0.5) is 4.39 Å². The number of carbonyl (C=O) groups excluding carboxylic acids is 1. The summed E-state index contributed by atoms with van der Waals surface area (Å²) < 4.78 is 19.6. The maximum Gasteiger partial charge on any atom is 0.323 e. The van der Waals surface area contributed by atoms with Gasteiger partial charge in [0.1, 0.15) is 18.5 Å². The summed E-state index contributed by atoms with van der Waals surface area (Å²) >= 11 is 0. The highest BCUT2D eigenvalue weighted by molar-refractivity contribution is 5.76. The van der Waals surface area contributed by atoms with E-state index in [9.17, 15) is 14.3 Å². The summed E-state index contributed by atoms with van der Waals surface area (Å²) in [5.74, 6) is -0.183. The van der Waals surface area contributed by atoms with Gasteiger partial charge in [0.2, 0.25) is 0 Å². The summed E-state index contributed by atoms with van der Waals surface area (Å²) in [7, 11) is 0. The van der Waals surface area contributed by atoms with Crippen molar-refractivity contribution >= 4 is 5.97 Å². The van der Waals surface area contributed by atoms with E-state index in [0.29, 0.717) is 13.1 Å². The van der Waals surface area contributed by atoms with Crippen LogP contribution in [0.1, 0.15) is 49.1 Å². The molecule has 0 amide bonds. The first-order valence-electron chi connectivity index (χ1n) is 11.5. The van der Waals surface area contributed by atoms with Crippen LogP contribution >= 0.6 is 0 Å². The number of rotatable bonds is 7. The highest BCUT2D eigenvalue weighted by Crippen LogP contribution is 2.38. The Balaban J connectivity index is 1.52. The predicted molar refractivity (Wildman–Crippen MR) is 118 cm³/mol. The van der Waals surface area contributed by atoms with Crippen molar-refractivity contribution < 1.29 is 19.0 Å². The summed E-state index contributed by atoms with van der Waals surface area (Å²) in [4.78, 5) is 15.5. The lowest BCUT2D eigenvalue weighted by atomic mass is 9.83. The van der Waals surface area contributed by atoms with Gasteiger partial charge in [0, 0.05) is 31.5 Å². The van der Waals surface area contributed by atoms with E-state index in [2.05, 4.69) is 4.90 Å². The third-order valence-electron chi connectivity index (χ3n) is 6.94. The molecule has 4 rings (SSSR count). The first-order chi connectivity index (χ1) is 15.2. The molecule has 31 heavy (non-hydrogen) atoms. The molecule has 0 spiro atoms. The zero-order chi connectivity index (χ0) is 21.6. The van der Waals surface area contributed by atoms with Crippen molar-refractivity contribution in [2.75, 3.05) is 19.7 Å². The van der Waals surface area contributed by atoms with E-state index in [1.807, 2.05) is 36.4 Å². The molecule has 2 aromatic rings. The summed E-state index contributed by atoms with van der Waals surface area (Å²) in [5.41, 5.74) is 1.87. The molecule has 1 aliphatic carbocycles. The van der Waals surface area contributed by atoms with Gasteiger partial charge in [-0.2, -0.15) is 0 Å². The lowest BCUT2D eigenvalue weighted by Crippen LogP contribution is -2.47. The maximum atomic E-state index is 13.8. The van der Waals surface area contributed by atoms with Gasteiger partial charge in [-0.05, 0) is 42.0 Å². The molecule has 2 fully saturated rings. The molecular formula is C26H32FNO3. The van der Waals surface area contributed by atoms with Crippen LogP contribution in [0, 0.1) is 17.7 Å². The van der Waals surface area contributed by atoms with Crippen LogP contribution < -0.4 is 0 Å². The van der Waals surface area contributed by atoms with Crippen LogP contribution in [0.5, 0.6) is 0 Å². The number of benzene rings is 2. The van der Waals surface area contributed by atoms with Gasteiger partial charge in [0.15, 0.2) is 0 Å². The second-order valence-corrected chi connectivity index (χ2v) is 8.99. The molecule has 0 radical (unpaired) electrons. The number of hydrogen-bond acceptors (Lipinski definition) is 4. The van der Waals surface area contributed by atoms with Crippen LogP contribution in [-0.4, -0.2) is 41.7 Å². The zero-order valence-corrected chi connectivity index (χ0v) is 18.0. The third-order valence-corrected chi connectivity index (χ3v) is 6.94. The fourth-order valence-corrected chi connectivity index (χ4v) is 5.34. The number of ether oxygens (including phenoxy) is 1. The maximum absolute atomic E-state index is 13.8. The first-order valence-corrected chi connectivity index (χ1v) is 11.5. The van der Waals surface area contributed by atoms with Crippen LogP contribution in [0.2, 0.25) is 0 Å². The van der Waals surface area contributed by atoms with E-state index in [1.54, 1.807) is 12.1 Å². The van der Waals surface area contributed by atoms with Gasteiger partial charge in [0.05, 0.1) is 0 Å². The van der Waals surface area contributed by atoms with E-state index in [-0.39, 0.29) is 48.8 Å². The molecule has 2 aromatic carbocycles. The van der Waals surface area contributed by atoms with Gasteiger partial charge in [-0.1, -0.05) is 61.7 Å². The van der Waals surface area contributed by atoms with E-state index < -0.39 is 0 Å². The smallest absolute Gasteiger partial charge is 0.323 e. The second kappa shape index (κ2) is 10.4. The van der Waals surface area contributed by atoms with E-state index in [0.717, 1.165) is 36.8 Å². The van der Waals surface area contributed by atoms with E-state index >= 15 is 0 Å². The molecule has 1 aliphatic heterocycles. The Kier molecular flexibility index (Phi) is 7.36. The molecule has 1 N–H and O–H groups in total. The van der Waals surface area contributed by atoms with Gasteiger partial charge in [0.25, 0.3) is 0 Å². The van der Waals surface area contributed by atoms with Crippen LogP contribution in [0.25, 0.3) is 0 Å². The van der Waals surface area contributed by atoms with Crippen molar-refractivity contribution in [2.24, 2.45) is 11.8 Å². The summed E-state index contributed by atoms with van der Waals surface area (Å²) in [6.45, 7) is 1.55. The lowest BCUT2D eigenvalue weighted by Gasteiger charge is -2.35. The molecule has 1 saturated heterocycles. The summed E-state index contributed by atoms with van der Waals surface area (Å²) in [6, 6.07) is 16.1. The standard InChI is InChI=1S/C26H32FNO3/c27-23-13-7-12-21(14-23)24-16-28(15-22(24)17-29)25(20-10-5-2-6-11-20)26(30)31-18-19-8-3-1-4-9-19/h1,3-4,7-9,12-14,20,22,24-25,29H,2,5-6,10-11,15-18H2/t22-,24-,25-/m1/s1. The van der Waals surface area contributed by atoms with Crippen molar-refractivity contribution in [2.45, 2.75) is 50.7 Å². The molecular weight excluding hydrogens is 393 g/mol. The topological polar surface area (TPSA) is 49.8 Å². The third kappa shape index (κ3) is 5.34. The fraction of sp³-hybridized carbons (Fsp3) is 0.500. The molecule has 0 aromatic heterocycles.